The molecule has 3 atom stereocenters. The standard InChI is InChI=1S/C70H127N2O6P/c1-6-8-10-12-14-16-18-20-22-24-26-27-28-29-30-31-32-33-34-35-36-37-38-39-40-41-42-43-44-45-46-48-50-52-54-56-58-60-62-64-70(74)71-68(67-78-79(75,76)77-66-65-72(3,4)5)69(73)63-61-59-57-55-53-51-49-47-25-23-21-19-17-15-13-11-9-7-2/h8,10,14,16,20,22,25-27,29-30,47,53,55,61,63,68-69,73H,6-7,9,11-13,15,17-19,21,23-24,28,31-46,48-52,54,56-60,62,64-67H2,1-5H3,(H-,71,74,75,76)/b10-8-,16-14-,22-20-,27-26-,30-29-,47-25+,55-53+,63-61+. The minimum atomic E-state index is -4.61. The van der Waals surface area contributed by atoms with Crippen LogP contribution in [-0.4, -0.2) is 68.5 Å². The fraction of sp³-hybridized carbons (Fsp3) is 0.757. The number of allylic oxidation sites excluding steroid dienone is 15. The number of amides is 1. The fourth-order valence-electron chi connectivity index (χ4n) is 9.39. The summed E-state index contributed by atoms with van der Waals surface area (Å²) in [6.07, 6.45) is 86.7. The van der Waals surface area contributed by atoms with Gasteiger partial charge in [0, 0.05) is 6.42 Å². The van der Waals surface area contributed by atoms with Gasteiger partial charge in [-0.1, -0.05) is 291 Å². The van der Waals surface area contributed by atoms with E-state index in [-0.39, 0.29) is 12.5 Å². The number of phosphoric acid groups is 1. The van der Waals surface area contributed by atoms with Crippen molar-refractivity contribution in [3.63, 3.8) is 0 Å². The van der Waals surface area contributed by atoms with Crippen LogP contribution in [0.25, 0.3) is 0 Å². The second-order valence-electron chi connectivity index (χ2n) is 23.4. The van der Waals surface area contributed by atoms with Crippen LogP contribution >= 0.6 is 7.82 Å². The first kappa shape index (κ1) is 76.4. The van der Waals surface area contributed by atoms with Gasteiger partial charge >= 0.3 is 0 Å². The van der Waals surface area contributed by atoms with Gasteiger partial charge < -0.3 is 28.8 Å². The molecule has 9 heteroatoms. The maximum Gasteiger partial charge on any atom is 0.268 e. The molecule has 3 unspecified atom stereocenters. The molecule has 0 bridgehead atoms. The summed E-state index contributed by atoms with van der Waals surface area (Å²) >= 11 is 0. The van der Waals surface area contributed by atoms with Gasteiger partial charge in [0.15, 0.2) is 0 Å². The van der Waals surface area contributed by atoms with Crippen molar-refractivity contribution in [1.29, 1.82) is 0 Å². The number of hydrogen-bond acceptors (Lipinski definition) is 6. The molecule has 1 amide bonds. The third-order valence-corrected chi connectivity index (χ3v) is 15.5. The van der Waals surface area contributed by atoms with Crippen LogP contribution in [0, 0.1) is 0 Å². The predicted molar refractivity (Wildman–Crippen MR) is 343 cm³/mol. The first-order chi connectivity index (χ1) is 38.5. The van der Waals surface area contributed by atoms with Crippen molar-refractivity contribution in [3.05, 3.63) is 97.2 Å². The second kappa shape index (κ2) is 60.0. The van der Waals surface area contributed by atoms with Crippen LogP contribution in [0.2, 0.25) is 0 Å². The molecule has 0 rings (SSSR count). The number of aliphatic hydroxyl groups is 1. The Kier molecular flexibility index (Phi) is 58.1. The highest BCUT2D eigenvalue weighted by Gasteiger charge is 2.23. The van der Waals surface area contributed by atoms with Crippen molar-refractivity contribution < 1.29 is 32.9 Å². The number of hydrogen-bond donors (Lipinski definition) is 2. The molecule has 79 heavy (non-hydrogen) atoms. The van der Waals surface area contributed by atoms with Gasteiger partial charge in [0.25, 0.3) is 7.82 Å². The molecule has 0 aliphatic heterocycles. The first-order valence-electron chi connectivity index (χ1n) is 33.1. The Balaban J connectivity index is 4.00. The highest BCUT2D eigenvalue weighted by molar-refractivity contribution is 7.45. The zero-order valence-electron chi connectivity index (χ0n) is 52.3. The number of nitrogens with one attached hydrogen (secondary N) is 1. The largest absolute Gasteiger partial charge is 0.756 e. The lowest BCUT2D eigenvalue weighted by atomic mass is 10.0. The molecule has 2 N–H and O–H groups in total. The van der Waals surface area contributed by atoms with Crippen molar-refractivity contribution in [1.82, 2.24) is 5.32 Å². The average Bonchev–Trinajstić information content (AvgIpc) is 3.42. The van der Waals surface area contributed by atoms with E-state index in [9.17, 15) is 19.4 Å². The number of carbonyl (C=O) groups is 1. The van der Waals surface area contributed by atoms with Gasteiger partial charge in [0.2, 0.25) is 5.91 Å². The van der Waals surface area contributed by atoms with Gasteiger partial charge in [0.05, 0.1) is 39.9 Å². The van der Waals surface area contributed by atoms with Gasteiger partial charge in [-0.05, 0) is 89.9 Å². The lowest BCUT2D eigenvalue weighted by Crippen LogP contribution is -2.45. The Morgan fingerprint density at radius 2 is 0.785 bits per heavy atom. The topological polar surface area (TPSA) is 108 Å². The van der Waals surface area contributed by atoms with Crippen LogP contribution in [0.1, 0.15) is 290 Å². The van der Waals surface area contributed by atoms with Crippen LogP contribution in [0.4, 0.5) is 0 Å². The molecule has 0 fully saturated rings. The van der Waals surface area contributed by atoms with E-state index >= 15 is 0 Å². The Hall–Kier alpha value is -2.58. The molecule has 0 heterocycles. The number of nitrogens with zero attached hydrogens (tertiary/aromatic N) is 1. The SMILES string of the molecule is CC/C=C\C/C=C\C/C=C\C/C=C\C/C=C\CCCCCCCCCCCCCCCCCCCCCCCCCC(=O)NC(COP(=O)([O-])OCC[N+](C)(C)C)C(O)/C=C/CC/C=C/CC/C=C/CCCCCCCCCC. The van der Waals surface area contributed by atoms with Crippen molar-refractivity contribution in [2.24, 2.45) is 0 Å². The number of rotatable bonds is 60. The first-order valence-corrected chi connectivity index (χ1v) is 34.6. The zero-order chi connectivity index (χ0) is 57.7. The van der Waals surface area contributed by atoms with Gasteiger partial charge in [-0.15, -0.1) is 0 Å². The van der Waals surface area contributed by atoms with Crippen LogP contribution in [0.5, 0.6) is 0 Å². The van der Waals surface area contributed by atoms with E-state index in [1.54, 1.807) is 6.08 Å². The van der Waals surface area contributed by atoms with Gasteiger partial charge in [-0.2, -0.15) is 0 Å². The average molecular weight is 1120 g/mol. The molecule has 0 aromatic rings. The van der Waals surface area contributed by atoms with E-state index in [4.69, 9.17) is 9.05 Å². The fourth-order valence-corrected chi connectivity index (χ4v) is 10.1. The van der Waals surface area contributed by atoms with E-state index in [0.29, 0.717) is 17.4 Å². The summed E-state index contributed by atoms with van der Waals surface area (Å²) in [4.78, 5) is 25.5. The summed E-state index contributed by atoms with van der Waals surface area (Å²) in [5, 5.41) is 13.9. The highest BCUT2D eigenvalue weighted by atomic mass is 31.2. The van der Waals surface area contributed by atoms with Crippen molar-refractivity contribution in [2.75, 3.05) is 40.9 Å². The molecule has 0 aromatic carbocycles. The quantitative estimate of drug-likeness (QED) is 0.0272. The number of unbranched alkanes of at least 4 members (excludes halogenated alkanes) is 33. The van der Waals surface area contributed by atoms with Crippen LogP contribution in [0.3, 0.4) is 0 Å². The molecule has 0 saturated heterocycles. The monoisotopic (exact) mass is 1120 g/mol. The summed E-state index contributed by atoms with van der Waals surface area (Å²) < 4.78 is 23.4. The maximum atomic E-state index is 13.0. The van der Waals surface area contributed by atoms with E-state index in [2.05, 4.69) is 104 Å². The van der Waals surface area contributed by atoms with Crippen molar-refractivity contribution in [3.8, 4) is 0 Å². The Morgan fingerprint density at radius 3 is 1.18 bits per heavy atom. The van der Waals surface area contributed by atoms with E-state index in [1.807, 2.05) is 27.2 Å². The molecule has 0 saturated carbocycles. The summed E-state index contributed by atoms with van der Waals surface area (Å²) in [6.45, 7) is 4.52. The molecule has 0 aromatic heterocycles. The normalized spacial score (nSPS) is 14.4. The lowest BCUT2D eigenvalue weighted by Gasteiger charge is -2.29. The molecule has 458 valence electrons. The lowest BCUT2D eigenvalue weighted by molar-refractivity contribution is -0.870. The van der Waals surface area contributed by atoms with Gasteiger partial charge in [-0.25, -0.2) is 0 Å². The number of carbonyl (C=O) groups excluding carboxylic acids is 1. The minimum absolute atomic E-state index is 0.0104. The summed E-state index contributed by atoms with van der Waals surface area (Å²) in [5.41, 5.74) is 0. The number of likely N-dealkylation sites (N-methyl/N-ethyl adjacent to an activating group) is 1. The molecule has 0 aliphatic carbocycles. The van der Waals surface area contributed by atoms with Gasteiger partial charge in [0.1, 0.15) is 13.2 Å². The van der Waals surface area contributed by atoms with Crippen LogP contribution in [-0.2, 0) is 18.4 Å². The van der Waals surface area contributed by atoms with Crippen molar-refractivity contribution >= 4 is 13.7 Å². The third kappa shape index (κ3) is 62.9. The van der Waals surface area contributed by atoms with E-state index < -0.39 is 26.6 Å². The van der Waals surface area contributed by atoms with Crippen LogP contribution < -0.4 is 10.2 Å². The predicted octanol–water partition coefficient (Wildman–Crippen LogP) is 20.3. The van der Waals surface area contributed by atoms with E-state index in [1.165, 1.54) is 193 Å². The smallest absolute Gasteiger partial charge is 0.268 e. The highest BCUT2D eigenvalue weighted by Crippen LogP contribution is 2.38. The van der Waals surface area contributed by atoms with Gasteiger partial charge in [-0.3, -0.25) is 9.36 Å². The number of aliphatic hydroxyl groups excluding tert-OH is 1. The molecule has 8 nitrogen and oxygen atoms in total. The molecular weight excluding hydrogens is 996 g/mol. The molecular formula is C70H127N2O6P. The van der Waals surface area contributed by atoms with E-state index in [0.717, 1.165) is 77.0 Å². The Morgan fingerprint density at radius 1 is 0.456 bits per heavy atom. The number of phosphoric ester groups is 1. The van der Waals surface area contributed by atoms with Crippen molar-refractivity contribution in [2.45, 2.75) is 302 Å². The minimum Gasteiger partial charge on any atom is -0.756 e. The Labute approximate surface area is 489 Å². The maximum absolute atomic E-state index is 13.0. The summed E-state index contributed by atoms with van der Waals surface area (Å²) in [5.74, 6) is -0.209. The third-order valence-electron chi connectivity index (χ3n) is 14.5. The second-order valence-corrected chi connectivity index (χ2v) is 24.8. The number of quaternary nitrogens is 1. The Bertz CT molecular complexity index is 1610. The van der Waals surface area contributed by atoms with Crippen LogP contribution in [0.15, 0.2) is 97.2 Å². The molecule has 0 radical (unpaired) electrons. The zero-order valence-corrected chi connectivity index (χ0v) is 53.2. The summed E-state index contributed by atoms with van der Waals surface area (Å²) in [7, 11) is 1.24. The summed E-state index contributed by atoms with van der Waals surface area (Å²) in [6, 6.07) is -0.913. The molecule has 0 spiro atoms. The molecule has 0 aliphatic rings.